The summed E-state index contributed by atoms with van der Waals surface area (Å²) < 4.78 is 6.75. The fourth-order valence-electron chi connectivity index (χ4n) is 1.34. The zero-order valence-electron chi connectivity index (χ0n) is 10.0. The predicted molar refractivity (Wildman–Crippen MR) is 62.5 cm³/mol. The first-order valence-corrected chi connectivity index (χ1v) is 5.49. The number of aromatic nitrogens is 1. The summed E-state index contributed by atoms with van der Waals surface area (Å²) in [4.78, 5) is 11.4. The van der Waals surface area contributed by atoms with Crippen molar-refractivity contribution in [2.24, 2.45) is 0 Å². The molecule has 0 unspecified atom stereocenters. The molecule has 88 valence electrons. The van der Waals surface area contributed by atoms with Crippen LogP contribution in [0.2, 0.25) is 0 Å². The summed E-state index contributed by atoms with van der Waals surface area (Å²) in [6.45, 7) is 4.83. The summed E-state index contributed by atoms with van der Waals surface area (Å²) in [6.07, 6.45) is 5.33. The predicted octanol–water partition coefficient (Wildman–Crippen LogP) is 1.46. The minimum Gasteiger partial charge on any atom is -0.462 e. The normalized spacial score (nSPS) is 10.8. The van der Waals surface area contributed by atoms with Crippen molar-refractivity contribution in [3.63, 3.8) is 0 Å². The molecule has 0 aliphatic carbocycles. The average Bonchev–Trinajstić information content (AvgIpc) is 2.36. The second kappa shape index (κ2) is 6.44. The van der Waals surface area contributed by atoms with Gasteiger partial charge in [0.1, 0.15) is 18.2 Å². The number of aryl methyl sites for hydroxylation is 1. The van der Waals surface area contributed by atoms with Crippen LogP contribution in [-0.2, 0) is 16.1 Å². The van der Waals surface area contributed by atoms with Crippen molar-refractivity contribution in [3.8, 4) is 6.07 Å². The Kier molecular flexibility index (Phi) is 4.89. The number of ether oxygens (including phenoxy) is 1. The molecule has 0 atom stereocenters. The molecular formula is C13H15N2O2+. The number of carbonyl (C=O) groups excluding carboxylic acids is 1. The molecule has 0 N–H and O–H groups in total. The Bertz CT molecular complexity index is 473. The second-order valence-electron chi connectivity index (χ2n) is 3.36. The number of nitrogens with zero attached hydrogens (tertiary/aromatic N) is 2. The third-order valence-corrected chi connectivity index (χ3v) is 2.17. The molecule has 1 aromatic rings. The van der Waals surface area contributed by atoms with Gasteiger partial charge >= 0.3 is 5.97 Å². The third kappa shape index (κ3) is 3.72. The van der Waals surface area contributed by atoms with Gasteiger partial charge in [0.25, 0.3) is 0 Å². The van der Waals surface area contributed by atoms with Crippen LogP contribution in [0, 0.1) is 11.3 Å². The van der Waals surface area contributed by atoms with E-state index in [4.69, 9.17) is 10.00 Å². The highest BCUT2D eigenvalue weighted by atomic mass is 16.5. The number of nitriles is 1. The number of rotatable bonds is 4. The zero-order valence-corrected chi connectivity index (χ0v) is 10.0. The van der Waals surface area contributed by atoms with E-state index in [1.807, 2.05) is 42.1 Å². The number of hydrogen-bond donors (Lipinski definition) is 0. The van der Waals surface area contributed by atoms with Crippen molar-refractivity contribution in [3.05, 3.63) is 35.7 Å². The number of pyridine rings is 1. The first-order chi connectivity index (χ1) is 8.21. The second-order valence-corrected chi connectivity index (χ2v) is 3.36. The summed E-state index contributed by atoms with van der Waals surface area (Å²) in [5, 5.41) is 8.88. The Morgan fingerprint density at radius 1 is 1.59 bits per heavy atom. The van der Waals surface area contributed by atoms with E-state index < -0.39 is 5.97 Å². The first-order valence-electron chi connectivity index (χ1n) is 5.49. The highest BCUT2D eigenvalue weighted by molar-refractivity contribution is 5.97. The lowest BCUT2D eigenvalue weighted by atomic mass is 10.2. The minimum atomic E-state index is -0.582. The van der Waals surface area contributed by atoms with E-state index in [9.17, 15) is 4.79 Å². The molecule has 17 heavy (non-hydrogen) atoms. The van der Waals surface area contributed by atoms with Crippen LogP contribution in [0.25, 0.3) is 6.08 Å². The minimum absolute atomic E-state index is 0.0145. The van der Waals surface area contributed by atoms with E-state index in [-0.39, 0.29) is 12.2 Å². The molecule has 1 rings (SSSR count). The lowest BCUT2D eigenvalue weighted by molar-refractivity contribution is -0.693. The van der Waals surface area contributed by atoms with E-state index in [0.717, 1.165) is 12.1 Å². The number of esters is 1. The van der Waals surface area contributed by atoms with Crippen LogP contribution in [-0.4, -0.2) is 12.6 Å². The lowest BCUT2D eigenvalue weighted by Crippen LogP contribution is -2.31. The van der Waals surface area contributed by atoms with Crippen LogP contribution >= 0.6 is 0 Å². The van der Waals surface area contributed by atoms with Gasteiger partial charge < -0.3 is 4.74 Å². The molecule has 1 aromatic heterocycles. The SMILES string of the molecule is CCOC(=O)/C(C#N)=C\c1ccc[n+](CC)c1. The van der Waals surface area contributed by atoms with E-state index in [1.165, 1.54) is 6.08 Å². The molecule has 0 aromatic carbocycles. The monoisotopic (exact) mass is 231 g/mol. The first kappa shape index (κ1) is 12.9. The van der Waals surface area contributed by atoms with Gasteiger partial charge in [-0.05, 0) is 26.0 Å². The molecule has 4 nitrogen and oxygen atoms in total. The molecule has 4 heteroatoms. The smallest absolute Gasteiger partial charge is 0.348 e. The molecule has 0 bridgehead atoms. The van der Waals surface area contributed by atoms with Gasteiger partial charge in [0.2, 0.25) is 0 Å². The van der Waals surface area contributed by atoms with E-state index in [1.54, 1.807) is 6.92 Å². The molecule has 0 saturated heterocycles. The van der Waals surface area contributed by atoms with E-state index in [2.05, 4.69) is 0 Å². The molecule has 1 heterocycles. The maximum absolute atomic E-state index is 11.4. The summed E-state index contributed by atoms with van der Waals surface area (Å²) >= 11 is 0. The lowest BCUT2D eigenvalue weighted by Gasteiger charge is -1.99. The van der Waals surface area contributed by atoms with Crippen molar-refractivity contribution in [2.75, 3.05) is 6.61 Å². The Hall–Kier alpha value is -2.15. The Labute approximate surface area is 101 Å². The molecule has 0 aliphatic heterocycles. The number of carbonyl (C=O) groups is 1. The topological polar surface area (TPSA) is 54.0 Å². The van der Waals surface area contributed by atoms with Crippen LogP contribution in [0.15, 0.2) is 30.1 Å². The summed E-state index contributed by atoms with van der Waals surface area (Å²) in [5.41, 5.74) is 0.819. The van der Waals surface area contributed by atoms with Gasteiger partial charge in [-0.1, -0.05) is 0 Å². The van der Waals surface area contributed by atoms with E-state index in [0.29, 0.717) is 0 Å². The van der Waals surface area contributed by atoms with Crippen molar-refractivity contribution < 1.29 is 14.1 Å². The fourth-order valence-corrected chi connectivity index (χ4v) is 1.34. The van der Waals surface area contributed by atoms with Crippen molar-refractivity contribution in [2.45, 2.75) is 20.4 Å². The molecular weight excluding hydrogens is 216 g/mol. The average molecular weight is 231 g/mol. The van der Waals surface area contributed by atoms with Gasteiger partial charge in [-0.3, -0.25) is 0 Å². The van der Waals surface area contributed by atoms with Crippen molar-refractivity contribution >= 4 is 12.0 Å². The molecule has 0 aliphatic rings. The largest absolute Gasteiger partial charge is 0.462 e. The summed E-state index contributed by atoms with van der Waals surface area (Å²) in [5.74, 6) is -0.582. The quantitative estimate of drug-likeness (QED) is 0.341. The van der Waals surface area contributed by atoms with Crippen LogP contribution in [0.3, 0.4) is 0 Å². The van der Waals surface area contributed by atoms with Gasteiger partial charge in [-0.15, -0.1) is 0 Å². The van der Waals surface area contributed by atoms with E-state index >= 15 is 0 Å². The van der Waals surface area contributed by atoms with Crippen LogP contribution in [0.5, 0.6) is 0 Å². The van der Waals surface area contributed by atoms with Gasteiger partial charge in [0.05, 0.1) is 6.61 Å². The van der Waals surface area contributed by atoms with Crippen LogP contribution < -0.4 is 4.57 Å². The van der Waals surface area contributed by atoms with Crippen LogP contribution in [0.1, 0.15) is 19.4 Å². The highest BCUT2D eigenvalue weighted by Crippen LogP contribution is 2.05. The van der Waals surface area contributed by atoms with Crippen LogP contribution in [0.4, 0.5) is 0 Å². The molecule has 0 saturated carbocycles. The van der Waals surface area contributed by atoms with Gasteiger partial charge in [0.15, 0.2) is 12.4 Å². The van der Waals surface area contributed by atoms with Crippen molar-refractivity contribution in [1.29, 1.82) is 5.26 Å². The highest BCUT2D eigenvalue weighted by Gasteiger charge is 2.10. The molecule has 0 radical (unpaired) electrons. The molecule has 0 spiro atoms. The van der Waals surface area contributed by atoms with Gasteiger partial charge in [0, 0.05) is 11.6 Å². The van der Waals surface area contributed by atoms with Crippen molar-refractivity contribution in [1.82, 2.24) is 0 Å². The number of hydrogen-bond acceptors (Lipinski definition) is 3. The third-order valence-electron chi connectivity index (χ3n) is 2.17. The van der Waals surface area contributed by atoms with Gasteiger partial charge in [-0.2, -0.15) is 5.26 Å². The standard InChI is InChI=1S/C13H15N2O2/c1-3-15-7-5-6-11(10-15)8-12(9-14)13(16)17-4-2/h5-8,10H,3-4H2,1-2H3/q+1/b12-8-. The summed E-state index contributed by atoms with van der Waals surface area (Å²) in [7, 11) is 0. The Morgan fingerprint density at radius 3 is 2.94 bits per heavy atom. The van der Waals surface area contributed by atoms with Gasteiger partial charge in [-0.25, -0.2) is 9.36 Å². The maximum atomic E-state index is 11.4. The fraction of sp³-hybridized carbons (Fsp3) is 0.308. The Balaban J connectivity index is 2.98. The maximum Gasteiger partial charge on any atom is 0.348 e. The Morgan fingerprint density at radius 2 is 2.35 bits per heavy atom. The summed E-state index contributed by atoms with van der Waals surface area (Å²) in [6, 6.07) is 5.56. The molecule has 0 fully saturated rings. The molecule has 0 amide bonds. The zero-order chi connectivity index (χ0) is 12.7.